The first-order valence-corrected chi connectivity index (χ1v) is 13.0. The highest BCUT2D eigenvalue weighted by Crippen LogP contribution is 2.43. The number of hydrogen-bond acceptors (Lipinski definition) is 7. The molecule has 0 aliphatic heterocycles. The van der Waals surface area contributed by atoms with Crippen molar-refractivity contribution >= 4 is 50.7 Å². The van der Waals surface area contributed by atoms with E-state index in [9.17, 15) is 18.4 Å². The van der Waals surface area contributed by atoms with Crippen molar-refractivity contribution in [2.24, 2.45) is 12.8 Å². The predicted octanol–water partition coefficient (Wildman–Crippen LogP) is 5.49. The molecule has 0 aliphatic carbocycles. The molecular weight excluding hydrogens is 564 g/mol. The fraction of sp³-hybridized carbons (Fsp3) is 0.192. The van der Waals surface area contributed by atoms with Crippen LogP contribution in [0.25, 0.3) is 21.3 Å². The Morgan fingerprint density at radius 1 is 1.20 bits per heavy atom. The van der Waals surface area contributed by atoms with Crippen LogP contribution < -0.4 is 15.8 Å². The van der Waals surface area contributed by atoms with Gasteiger partial charge in [0, 0.05) is 34.9 Å². The summed E-state index contributed by atoms with van der Waals surface area (Å²) in [5, 5.41) is 12.1. The van der Waals surface area contributed by atoms with Crippen LogP contribution in [0.2, 0.25) is 5.02 Å². The third-order valence-corrected chi connectivity index (χ3v) is 7.59. The van der Waals surface area contributed by atoms with E-state index in [0.29, 0.717) is 33.0 Å². The van der Waals surface area contributed by atoms with Gasteiger partial charge in [0.15, 0.2) is 12.4 Å². The summed E-state index contributed by atoms with van der Waals surface area (Å²) in [5.41, 5.74) is 7.63. The lowest BCUT2D eigenvalue weighted by Crippen LogP contribution is -2.18. The monoisotopic (exact) mass is 585 g/mol. The Morgan fingerprint density at radius 3 is 2.62 bits per heavy atom. The van der Waals surface area contributed by atoms with Crippen molar-refractivity contribution in [3.05, 3.63) is 75.3 Å². The second-order valence-corrected chi connectivity index (χ2v) is 10.3. The van der Waals surface area contributed by atoms with E-state index in [4.69, 9.17) is 22.1 Å². The number of primary amides is 1. The third-order valence-electron chi connectivity index (χ3n) is 6.26. The van der Waals surface area contributed by atoms with Gasteiger partial charge in [0.05, 0.1) is 11.9 Å². The number of amides is 2. The molecule has 4 heterocycles. The summed E-state index contributed by atoms with van der Waals surface area (Å²) in [6.07, 6.45) is 0.221. The number of ether oxygens (including phenoxy) is 1. The van der Waals surface area contributed by atoms with Crippen LogP contribution in [0.4, 0.5) is 14.5 Å². The highest BCUT2D eigenvalue weighted by Gasteiger charge is 2.26. The van der Waals surface area contributed by atoms with E-state index in [2.05, 4.69) is 20.5 Å². The lowest BCUT2D eigenvalue weighted by Gasteiger charge is -2.10. The number of anilines is 1. The first kappa shape index (κ1) is 27.2. The zero-order valence-electron chi connectivity index (χ0n) is 21.4. The molecule has 0 aliphatic rings. The van der Waals surface area contributed by atoms with Crippen molar-refractivity contribution in [1.82, 2.24) is 24.5 Å². The molecule has 0 radical (unpaired) electrons. The van der Waals surface area contributed by atoms with E-state index in [-0.39, 0.29) is 27.8 Å². The van der Waals surface area contributed by atoms with E-state index in [0.717, 1.165) is 16.9 Å². The van der Waals surface area contributed by atoms with E-state index >= 15 is 0 Å². The molecule has 1 aromatic carbocycles. The molecule has 3 N–H and O–H groups in total. The average Bonchev–Trinajstić information content (AvgIpc) is 3.61. The number of fused-ring (bicyclic) bond motifs is 1. The van der Waals surface area contributed by atoms with Gasteiger partial charge in [-0.1, -0.05) is 11.6 Å². The number of pyridine rings is 1. The van der Waals surface area contributed by atoms with Crippen LogP contribution in [0.3, 0.4) is 0 Å². The summed E-state index contributed by atoms with van der Waals surface area (Å²) >= 11 is 6.80. The second-order valence-electron chi connectivity index (χ2n) is 8.89. The summed E-state index contributed by atoms with van der Waals surface area (Å²) in [7, 11) is 1.71. The number of aromatic nitrogens is 5. The van der Waals surface area contributed by atoms with Crippen molar-refractivity contribution in [3.63, 3.8) is 0 Å². The Morgan fingerprint density at radius 2 is 1.98 bits per heavy atom. The quantitative estimate of drug-likeness (QED) is 0.248. The number of carbonyl (C=O) groups excluding carboxylic acids is 2. The number of carbonyl (C=O) groups is 2. The van der Waals surface area contributed by atoms with Crippen LogP contribution >= 0.6 is 22.9 Å². The largest absolute Gasteiger partial charge is 0.471 e. The van der Waals surface area contributed by atoms with E-state index in [1.165, 1.54) is 23.0 Å². The van der Waals surface area contributed by atoms with E-state index in [1.807, 2.05) is 6.92 Å². The zero-order chi connectivity index (χ0) is 28.7. The number of nitrogens with one attached hydrogen (secondary N) is 1. The van der Waals surface area contributed by atoms with Crippen molar-refractivity contribution in [2.75, 3.05) is 5.32 Å². The summed E-state index contributed by atoms with van der Waals surface area (Å²) in [5.74, 6) is -0.880. The van der Waals surface area contributed by atoms with E-state index in [1.54, 1.807) is 43.0 Å². The minimum absolute atomic E-state index is 0.0222. The molecule has 14 heteroatoms. The van der Waals surface area contributed by atoms with Crippen molar-refractivity contribution in [2.45, 2.75) is 27.0 Å². The highest BCUT2D eigenvalue weighted by molar-refractivity contribution is 7.21. The number of alkyl halides is 2. The van der Waals surface area contributed by atoms with Gasteiger partial charge < -0.3 is 15.8 Å². The summed E-state index contributed by atoms with van der Waals surface area (Å²) < 4.78 is 36.3. The van der Waals surface area contributed by atoms with Gasteiger partial charge in [-0.25, -0.2) is 18.4 Å². The Labute approximate surface area is 235 Å². The maximum absolute atomic E-state index is 13.7. The Kier molecular flexibility index (Phi) is 7.25. The molecule has 0 spiro atoms. The fourth-order valence-corrected chi connectivity index (χ4v) is 5.38. The molecule has 0 saturated heterocycles. The number of thiophene rings is 1. The maximum atomic E-state index is 13.7. The Balaban J connectivity index is 1.50. The zero-order valence-corrected chi connectivity index (χ0v) is 23.0. The SMILES string of the molecule is Cc1cc(Cl)ccc1OCn1ccc(C(=O)Nc2c(C(N)=O)sc3nc(C(F)F)cc(-c4cnn(C)c4C)c23)n1. The molecule has 40 heavy (non-hydrogen) atoms. The first-order chi connectivity index (χ1) is 19.0. The van der Waals surface area contributed by atoms with Crippen molar-refractivity contribution in [1.29, 1.82) is 0 Å². The molecule has 0 atom stereocenters. The minimum Gasteiger partial charge on any atom is -0.471 e. The standard InChI is InChI=1S/C26H22ClF2N7O3S/c1-12-8-14(27)4-5-19(12)39-11-36-7-6-17(34-36)25(38)33-21-20-15(16-10-31-35(3)13(16)2)9-18(23(28)29)32-26(20)40-22(21)24(30)37/h4-10,23H,11H2,1-3H3,(H2,30,37)(H,33,38). The molecule has 2 amide bonds. The van der Waals surface area contributed by atoms with Gasteiger partial charge in [0.25, 0.3) is 18.2 Å². The normalized spacial score (nSPS) is 11.4. The molecule has 0 saturated carbocycles. The van der Waals surface area contributed by atoms with Crippen LogP contribution in [0.1, 0.15) is 43.5 Å². The number of rotatable bonds is 8. The predicted molar refractivity (Wildman–Crippen MR) is 147 cm³/mol. The number of halogens is 3. The van der Waals surface area contributed by atoms with Gasteiger partial charge in [-0.3, -0.25) is 14.3 Å². The number of hydrogen-bond donors (Lipinski definition) is 2. The van der Waals surface area contributed by atoms with Gasteiger partial charge in [0.2, 0.25) is 0 Å². The van der Waals surface area contributed by atoms with Crippen molar-refractivity contribution < 1.29 is 23.1 Å². The molecule has 206 valence electrons. The lowest BCUT2D eigenvalue weighted by atomic mass is 10.0. The second kappa shape index (κ2) is 10.7. The minimum atomic E-state index is -2.86. The number of aryl methyl sites for hydroxylation is 2. The number of nitrogens with zero attached hydrogens (tertiary/aromatic N) is 5. The van der Waals surface area contributed by atoms with Gasteiger partial charge in [-0.2, -0.15) is 10.2 Å². The molecule has 0 unspecified atom stereocenters. The molecular formula is C26H22ClF2N7O3S. The maximum Gasteiger partial charge on any atom is 0.280 e. The van der Waals surface area contributed by atoms with Crippen LogP contribution in [-0.2, 0) is 13.8 Å². The smallest absolute Gasteiger partial charge is 0.280 e. The van der Waals surface area contributed by atoms with Crippen LogP contribution in [0.15, 0.2) is 42.7 Å². The van der Waals surface area contributed by atoms with Gasteiger partial charge in [-0.15, -0.1) is 11.3 Å². The van der Waals surface area contributed by atoms with Crippen LogP contribution in [0.5, 0.6) is 5.75 Å². The Bertz CT molecular complexity index is 1780. The average molecular weight is 586 g/mol. The highest BCUT2D eigenvalue weighted by atomic mass is 35.5. The summed E-state index contributed by atoms with van der Waals surface area (Å²) in [4.78, 5) is 29.8. The summed E-state index contributed by atoms with van der Waals surface area (Å²) in [6.45, 7) is 3.65. The van der Waals surface area contributed by atoms with Crippen molar-refractivity contribution in [3.8, 4) is 16.9 Å². The van der Waals surface area contributed by atoms with Gasteiger partial charge >= 0.3 is 0 Å². The fourth-order valence-electron chi connectivity index (χ4n) is 4.14. The van der Waals surface area contributed by atoms with E-state index < -0.39 is 23.9 Å². The van der Waals surface area contributed by atoms with Gasteiger partial charge in [0.1, 0.15) is 21.2 Å². The molecule has 5 aromatic rings. The lowest BCUT2D eigenvalue weighted by molar-refractivity contribution is 0.100. The molecule has 0 fully saturated rings. The topological polar surface area (TPSA) is 130 Å². The third kappa shape index (κ3) is 5.12. The first-order valence-electron chi connectivity index (χ1n) is 11.8. The molecule has 10 nitrogen and oxygen atoms in total. The molecule has 4 aromatic heterocycles. The molecule has 5 rings (SSSR count). The van der Waals surface area contributed by atoms with Crippen LogP contribution in [0, 0.1) is 13.8 Å². The Hall–Kier alpha value is -4.36. The van der Waals surface area contributed by atoms with Crippen LogP contribution in [-0.4, -0.2) is 36.4 Å². The summed E-state index contributed by atoms with van der Waals surface area (Å²) in [6, 6.07) is 7.91. The van der Waals surface area contributed by atoms with Gasteiger partial charge in [-0.05, 0) is 55.3 Å². The number of nitrogens with two attached hydrogens (primary N) is 1. The number of benzene rings is 1. The molecule has 0 bridgehead atoms.